The summed E-state index contributed by atoms with van der Waals surface area (Å²) in [6.45, 7) is 4.33. The van der Waals surface area contributed by atoms with Crippen LogP contribution in [0.25, 0.3) is 0 Å². The number of carbonyl (C=O) groups is 1. The van der Waals surface area contributed by atoms with Gasteiger partial charge in [-0.2, -0.15) is 0 Å². The lowest BCUT2D eigenvalue weighted by atomic mass is 10.0. The number of aliphatic hydroxyl groups excluding tert-OH is 2. The van der Waals surface area contributed by atoms with Crippen LogP contribution < -0.4 is 5.32 Å². The quantitative estimate of drug-likeness (QED) is 0.0421. The molecule has 0 aromatic heterocycles. The first-order valence-corrected chi connectivity index (χ1v) is 29.2. The van der Waals surface area contributed by atoms with Gasteiger partial charge in [-0.05, 0) is 51.4 Å². The molecule has 64 heavy (non-hydrogen) atoms. The maximum Gasteiger partial charge on any atom is 0.220 e. The number of nitrogens with one attached hydrogen (secondary N) is 1. The smallest absolute Gasteiger partial charge is 0.220 e. The van der Waals surface area contributed by atoms with E-state index in [0.29, 0.717) is 6.42 Å². The lowest BCUT2D eigenvalue weighted by Crippen LogP contribution is -2.45. The van der Waals surface area contributed by atoms with E-state index >= 15 is 0 Å². The molecule has 0 spiro atoms. The Labute approximate surface area is 402 Å². The van der Waals surface area contributed by atoms with Crippen LogP contribution in [0, 0.1) is 0 Å². The summed E-state index contributed by atoms with van der Waals surface area (Å²) >= 11 is 0. The largest absolute Gasteiger partial charge is 0.394 e. The standard InChI is InChI=1S/C60H115NO3/c1-3-5-7-9-11-13-15-17-19-21-23-25-26-27-28-29-30-31-32-33-34-36-37-39-41-43-45-47-49-51-53-55-59(63)58(57-62)61-60(64)56-54-52-50-48-46-44-42-40-38-35-24-22-20-18-16-14-12-10-8-6-4-2/h16,18,22,24,53,55,58-59,62-63H,3-15,17,19-21,23,25-52,54,56-57H2,1-2H3,(H,61,64)/b18-16-,24-22-,55-53+. The molecule has 0 aliphatic heterocycles. The molecule has 0 fully saturated rings. The maximum absolute atomic E-state index is 12.5. The van der Waals surface area contributed by atoms with Crippen LogP contribution in [0.5, 0.6) is 0 Å². The van der Waals surface area contributed by atoms with Gasteiger partial charge in [-0.25, -0.2) is 0 Å². The second-order valence-electron chi connectivity index (χ2n) is 20.1. The van der Waals surface area contributed by atoms with E-state index in [9.17, 15) is 15.0 Å². The molecule has 3 N–H and O–H groups in total. The third-order valence-corrected chi connectivity index (χ3v) is 13.6. The average Bonchev–Trinajstić information content (AvgIpc) is 3.30. The van der Waals surface area contributed by atoms with Gasteiger partial charge in [-0.1, -0.05) is 301 Å². The highest BCUT2D eigenvalue weighted by Crippen LogP contribution is 2.18. The van der Waals surface area contributed by atoms with Crippen molar-refractivity contribution in [3.63, 3.8) is 0 Å². The minimum atomic E-state index is -0.842. The molecule has 1 amide bonds. The maximum atomic E-state index is 12.5. The van der Waals surface area contributed by atoms with Crippen LogP contribution in [0.3, 0.4) is 0 Å². The number of rotatable bonds is 54. The Hall–Kier alpha value is -1.39. The van der Waals surface area contributed by atoms with Crippen molar-refractivity contribution in [2.24, 2.45) is 0 Å². The van der Waals surface area contributed by atoms with Crippen molar-refractivity contribution in [1.82, 2.24) is 5.32 Å². The fraction of sp³-hybridized carbons (Fsp3) is 0.883. The van der Waals surface area contributed by atoms with E-state index in [0.717, 1.165) is 32.1 Å². The highest BCUT2D eigenvalue weighted by Gasteiger charge is 2.18. The average molecular weight is 899 g/mol. The first-order valence-electron chi connectivity index (χ1n) is 29.2. The Bertz CT molecular complexity index is 974. The molecule has 0 saturated carbocycles. The Morgan fingerprint density at radius 2 is 0.641 bits per heavy atom. The fourth-order valence-electron chi connectivity index (χ4n) is 9.15. The lowest BCUT2D eigenvalue weighted by Gasteiger charge is -2.20. The van der Waals surface area contributed by atoms with E-state index in [1.807, 2.05) is 6.08 Å². The third-order valence-electron chi connectivity index (χ3n) is 13.6. The first kappa shape index (κ1) is 62.6. The summed E-state index contributed by atoms with van der Waals surface area (Å²) in [5.74, 6) is -0.0646. The Morgan fingerprint density at radius 3 is 0.938 bits per heavy atom. The van der Waals surface area contributed by atoms with Crippen molar-refractivity contribution in [1.29, 1.82) is 0 Å². The molecule has 0 rings (SSSR count). The molecule has 0 aromatic carbocycles. The summed E-state index contributed by atoms with van der Waals surface area (Å²) in [7, 11) is 0. The van der Waals surface area contributed by atoms with Crippen LogP contribution in [0.15, 0.2) is 36.5 Å². The Kier molecular flexibility index (Phi) is 54.7. The van der Waals surface area contributed by atoms with E-state index in [4.69, 9.17) is 0 Å². The number of unbranched alkanes of at least 4 members (excludes halogenated alkanes) is 43. The van der Waals surface area contributed by atoms with Gasteiger partial charge in [0, 0.05) is 6.42 Å². The van der Waals surface area contributed by atoms with E-state index in [1.165, 1.54) is 270 Å². The topological polar surface area (TPSA) is 69.6 Å². The molecule has 2 atom stereocenters. The van der Waals surface area contributed by atoms with Crippen molar-refractivity contribution >= 4 is 5.91 Å². The molecule has 2 unspecified atom stereocenters. The minimum absolute atomic E-state index is 0.0646. The zero-order chi connectivity index (χ0) is 46.3. The fourth-order valence-corrected chi connectivity index (χ4v) is 9.15. The third kappa shape index (κ3) is 51.6. The molecule has 4 nitrogen and oxygen atoms in total. The second-order valence-corrected chi connectivity index (χ2v) is 20.1. The number of hydrogen-bond donors (Lipinski definition) is 3. The summed E-state index contributed by atoms with van der Waals surface area (Å²) in [5, 5.41) is 23.2. The van der Waals surface area contributed by atoms with Gasteiger partial charge in [0.25, 0.3) is 0 Å². The van der Waals surface area contributed by atoms with Gasteiger partial charge >= 0.3 is 0 Å². The number of carbonyl (C=O) groups excluding carboxylic acids is 1. The van der Waals surface area contributed by atoms with E-state index in [-0.39, 0.29) is 12.5 Å². The van der Waals surface area contributed by atoms with E-state index in [2.05, 4.69) is 43.5 Å². The normalized spacial score (nSPS) is 13.0. The molecular weight excluding hydrogens is 783 g/mol. The minimum Gasteiger partial charge on any atom is -0.394 e. The van der Waals surface area contributed by atoms with Gasteiger partial charge in [0.1, 0.15) is 0 Å². The predicted molar refractivity (Wildman–Crippen MR) is 285 cm³/mol. The SMILES string of the molecule is CCCCCCC/C=C\C/C=C\CCCCCCCCCCCC(=O)NC(CO)C(O)/C=C/CCCCCCCCCCCCCCCCCCCCCCCCCCCCCCC. The summed E-state index contributed by atoms with van der Waals surface area (Å²) in [6.07, 6.45) is 76.0. The monoisotopic (exact) mass is 898 g/mol. The van der Waals surface area contributed by atoms with Gasteiger partial charge in [0.05, 0.1) is 18.8 Å². The molecule has 0 saturated heterocycles. The molecule has 0 aliphatic rings. The predicted octanol–water partition coefficient (Wildman–Crippen LogP) is 19.3. The van der Waals surface area contributed by atoms with Crippen molar-refractivity contribution in [2.45, 2.75) is 334 Å². The zero-order valence-corrected chi connectivity index (χ0v) is 43.6. The lowest BCUT2D eigenvalue weighted by molar-refractivity contribution is -0.123. The van der Waals surface area contributed by atoms with Gasteiger partial charge in [-0.3, -0.25) is 4.79 Å². The highest BCUT2D eigenvalue weighted by molar-refractivity contribution is 5.76. The van der Waals surface area contributed by atoms with Crippen LogP contribution in [0.2, 0.25) is 0 Å². The van der Waals surface area contributed by atoms with Crippen LogP contribution in [0.4, 0.5) is 0 Å². The summed E-state index contributed by atoms with van der Waals surface area (Å²) in [6, 6.07) is -0.625. The highest BCUT2D eigenvalue weighted by atomic mass is 16.3. The van der Waals surface area contributed by atoms with Crippen molar-refractivity contribution in [2.75, 3.05) is 6.61 Å². The molecule has 0 aliphatic carbocycles. The molecule has 0 radical (unpaired) electrons. The van der Waals surface area contributed by atoms with Crippen LogP contribution in [-0.4, -0.2) is 34.9 Å². The van der Waals surface area contributed by atoms with Crippen molar-refractivity contribution in [3.05, 3.63) is 36.5 Å². The molecule has 378 valence electrons. The molecule has 4 heteroatoms. The zero-order valence-electron chi connectivity index (χ0n) is 43.6. The molecule has 0 aromatic rings. The Morgan fingerprint density at radius 1 is 0.375 bits per heavy atom. The molecule has 0 heterocycles. The van der Waals surface area contributed by atoms with Crippen molar-refractivity contribution < 1.29 is 15.0 Å². The van der Waals surface area contributed by atoms with E-state index < -0.39 is 12.1 Å². The van der Waals surface area contributed by atoms with Crippen LogP contribution in [0.1, 0.15) is 322 Å². The van der Waals surface area contributed by atoms with Gasteiger partial charge in [0.15, 0.2) is 0 Å². The van der Waals surface area contributed by atoms with Crippen LogP contribution >= 0.6 is 0 Å². The molecular formula is C60H115NO3. The molecule has 0 bridgehead atoms. The van der Waals surface area contributed by atoms with Crippen molar-refractivity contribution in [3.8, 4) is 0 Å². The summed E-state index contributed by atoms with van der Waals surface area (Å²) in [5.41, 5.74) is 0. The van der Waals surface area contributed by atoms with Gasteiger partial charge < -0.3 is 15.5 Å². The first-order chi connectivity index (χ1) is 31.7. The summed E-state index contributed by atoms with van der Waals surface area (Å²) in [4.78, 5) is 12.5. The van der Waals surface area contributed by atoms with E-state index in [1.54, 1.807) is 6.08 Å². The van der Waals surface area contributed by atoms with Crippen LogP contribution in [-0.2, 0) is 4.79 Å². The second kappa shape index (κ2) is 55.9. The summed E-state index contributed by atoms with van der Waals surface area (Å²) < 4.78 is 0. The number of allylic oxidation sites excluding steroid dienone is 5. The number of hydrogen-bond acceptors (Lipinski definition) is 3. The van der Waals surface area contributed by atoms with Gasteiger partial charge in [0.2, 0.25) is 5.91 Å². The Balaban J connectivity index is 3.46. The van der Waals surface area contributed by atoms with Gasteiger partial charge in [-0.15, -0.1) is 0 Å². The number of amides is 1. The number of aliphatic hydroxyl groups is 2.